The van der Waals surface area contributed by atoms with E-state index in [1.165, 1.54) is 0 Å². The van der Waals surface area contributed by atoms with Gasteiger partial charge in [-0.3, -0.25) is 4.79 Å². The zero-order valence-corrected chi connectivity index (χ0v) is 20.4. The van der Waals surface area contributed by atoms with Crippen molar-refractivity contribution in [3.05, 3.63) is 59.7 Å². The van der Waals surface area contributed by atoms with Gasteiger partial charge < -0.3 is 25.6 Å². The van der Waals surface area contributed by atoms with Crippen LogP contribution < -0.4 is 10.6 Å². The first kappa shape index (κ1) is 26.2. The van der Waals surface area contributed by atoms with Crippen molar-refractivity contribution >= 4 is 18.0 Å². The third-order valence-corrected chi connectivity index (χ3v) is 6.17. The largest absolute Gasteiger partial charge is 0.480 e. The number of hydrogen-bond acceptors (Lipinski definition) is 5. The minimum Gasteiger partial charge on any atom is -0.480 e. The summed E-state index contributed by atoms with van der Waals surface area (Å²) in [6, 6.07) is 13.8. The van der Waals surface area contributed by atoms with E-state index >= 15 is 0 Å². The Morgan fingerprint density at radius 3 is 2.00 bits per heavy atom. The van der Waals surface area contributed by atoms with Crippen molar-refractivity contribution in [3.63, 3.8) is 0 Å². The highest BCUT2D eigenvalue weighted by Gasteiger charge is 2.31. The van der Waals surface area contributed by atoms with Crippen molar-refractivity contribution in [1.82, 2.24) is 10.6 Å². The number of carbonyl (C=O) groups excluding carboxylic acids is 2. The molecular formula is C27H34N2O6. The molecule has 188 valence electrons. The quantitative estimate of drug-likeness (QED) is 0.410. The third-order valence-electron chi connectivity index (χ3n) is 6.17. The van der Waals surface area contributed by atoms with Gasteiger partial charge in [0.25, 0.3) is 0 Å². The second-order valence-electron chi connectivity index (χ2n) is 10.0. The summed E-state index contributed by atoms with van der Waals surface area (Å²) >= 11 is 0. The molecule has 0 radical (unpaired) electrons. The minimum atomic E-state index is -1.25. The lowest BCUT2D eigenvalue weighted by atomic mass is 9.88. The van der Waals surface area contributed by atoms with Crippen molar-refractivity contribution in [3.8, 4) is 11.1 Å². The normalized spacial score (nSPS) is 14.4. The molecule has 0 saturated carbocycles. The Hall–Kier alpha value is -3.39. The highest BCUT2D eigenvalue weighted by molar-refractivity contribution is 5.89. The van der Waals surface area contributed by atoms with E-state index < -0.39 is 30.1 Å². The lowest BCUT2D eigenvalue weighted by Gasteiger charge is -2.25. The van der Waals surface area contributed by atoms with Crippen LogP contribution in [-0.4, -0.2) is 53.5 Å². The number of carbonyl (C=O) groups is 3. The van der Waals surface area contributed by atoms with Crippen LogP contribution in [0.2, 0.25) is 0 Å². The lowest BCUT2D eigenvalue weighted by Crippen LogP contribution is -2.52. The molecule has 1 aliphatic rings. The van der Waals surface area contributed by atoms with Gasteiger partial charge in [0, 0.05) is 18.9 Å². The fourth-order valence-corrected chi connectivity index (χ4v) is 4.29. The van der Waals surface area contributed by atoms with E-state index in [4.69, 9.17) is 9.84 Å². The van der Waals surface area contributed by atoms with Gasteiger partial charge in [-0.1, -0.05) is 69.3 Å². The number of fused-ring (bicyclic) bond motifs is 3. The molecule has 8 heteroatoms. The minimum absolute atomic E-state index is 0.0985. The van der Waals surface area contributed by atoms with Crippen LogP contribution in [0.5, 0.6) is 0 Å². The fourth-order valence-electron chi connectivity index (χ4n) is 4.29. The molecule has 8 nitrogen and oxygen atoms in total. The summed E-state index contributed by atoms with van der Waals surface area (Å²) in [4.78, 5) is 37.0. The summed E-state index contributed by atoms with van der Waals surface area (Å²) in [6.45, 7) is 5.77. The summed E-state index contributed by atoms with van der Waals surface area (Å²) in [5.41, 5.74) is 4.29. The zero-order chi connectivity index (χ0) is 25.6. The zero-order valence-electron chi connectivity index (χ0n) is 20.4. The monoisotopic (exact) mass is 482 g/mol. The molecule has 1 unspecified atom stereocenters. The van der Waals surface area contributed by atoms with E-state index in [1.807, 2.05) is 69.3 Å². The summed E-state index contributed by atoms with van der Waals surface area (Å²) in [5.74, 6) is -1.98. The Kier molecular flexibility index (Phi) is 8.51. The number of aliphatic hydroxyl groups is 1. The Morgan fingerprint density at radius 1 is 0.914 bits per heavy atom. The van der Waals surface area contributed by atoms with Crippen LogP contribution in [0.1, 0.15) is 57.1 Å². The number of ether oxygens (including phenoxy) is 1. The molecule has 0 aliphatic heterocycles. The molecule has 0 fully saturated rings. The number of hydrogen-bond donors (Lipinski definition) is 4. The molecule has 35 heavy (non-hydrogen) atoms. The number of aliphatic carboxylic acids is 1. The number of rotatable bonds is 10. The molecule has 2 aromatic rings. The van der Waals surface area contributed by atoms with Crippen molar-refractivity contribution in [2.75, 3.05) is 13.2 Å². The van der Waals surface area contributed by atoms with Crippen molar-refractivity contribution < 1.29 is 29.3 Å². The van der Waals surface area contributed by atoms with Crippen LogP contribution >= 0.6 is 0 Å². The van der Waals surface area contributed by atoms with Gasteiger partial charge in [-0.2, -0.15) is 0 Å². The molecule has 2 atom stereocenters. The van der Waals surface area contributed by atoms with Crippen LogP contribution in [0.15, 0.2) is 48.5 Å². The molecule has 0 spiro atoms. The van der Waals surface area contributed by atoms with E-state index in [0.717, 1.165) is 22.3 Å². The van der Waals surface area contributed by atoms with E-state index in [0.29, 0.717) is 12.8 Å². The number of aliphatic hydroxyl groups excluding tert-OH is 1. The first-order valence-corrected chi connectivity index (χ1v) is 11.9. The van der Waals surface area contributed by atoms with Crippen molar-refractivity contribution in [2.45, 2.75) is 58.0 Å². The Balaban J connectivity index is 1.68. The standard InChI is InChI=1S/C27H34N2O6/c1-27(2,3)14-12-22(24(31)28-23(13-15-30)25(32)33)29-26(34)35-16-21-19-10-6-4-8-17(19)18-9-5-7-11-20(18)21/h4-11,21-23,30H,12-16H2,1-3H3,(H,28,31)(H,29,34)(H,32,33)/t22?,23-/m1/s1. The first-order valence-electron chi connectivity index (χ1n) is 11.9. The molecule has 0 bridgehead atoms. The molecule has 0 aromatic heterocycles. The maximum atomic E-state index is 12.8. The summed E-state index contributed by atoms with van der Waals surface area (Å²) in [6.07, 6.45) is 0.0603. The SMILES string of the molecule is CC(C)(C)CCC(NC(=O)OCC1c2ccccc2-c2ccccc21)C(=O)N[C@H](CCO)C(=O)O. The van der Waals surface area contributed by atoms with Crippen LogP contribution in [0.25, 0.3) is 11.1 Å². The van der Waals surface area contributed by atoms with Crippen molar-refractivity contribution in [2.24, 2.45) is 5.41 Å². The second kappa shape index (κ2) is 11.4. The van der Waals surface area contributed by atoms with Crippen LogP contribution in [0.3, 0.4) is 0 Å². The van der Waals surface area contributed by atoms with Crippen LogP contribution in [0.4, 0.5) is 4.79 Å². The highest BCUT2D eigenvalue weighted by atomic mass is 16.5. The molecular weight excluding hydrogens is 448 g/mol. The highest BCUT2D eigenvalue weighted by Crippen LogP contribution is 2.44. The number of benzene rings is 2. The number of carboxylic acids is 1. The molecule has 1 aliphatic carbocycles. The van der Waals surface area contributed by atoms with E-state index in [2.05, 4.69) is 10.6 Å². The maximum absolute atomic E-state index is 12.8. The summed E-state index contributed by atoms with van der Waals surface area (Å²) in [7, 11) is 0. The van der Waals surface area contributed by atoms with Gasteiger partial charge in [0.2, 0.25) is 5.91 Å². The second-order valence-corrected chi connectivity index (χ2v) is 10.0. The average Bonchev–Trinajstić information content (AvgIpc) is 3.13. The van der Waals surface area contributed by atoms with E-state index in [1.54, 1.807) is 0 Å². The van der Waals surface area contributed by atoms with Gasteiger partial charge in [-0.15, -0.1) is 0 Å². The number of amides is 2. The smallest absolute Gasteiger partial charge is 0.407 e. The fraction of sp³-hybridized carbons (Fsp3) is 0.444. The van der Waals surface area contributed by atoms with Crippen LogP contribution in [0, 0.1) is 5.41 Å². The molecule has 4 N–H and O–H groups in total. The van der Waals surface area contributed by atoms with Gasteiger partial charge in [-0.25, -0.2) is 9.59 Å². The summed E-state index contributed by atoms with van der Waals surface area (Å²) in [5, 5.41) is 23.4. The topological polar surface area (TPSA) is 125 Å². The molecule has 0 saturated heterocycles. The van der Waals surface area contributed by atoms with Gasteiger partial charge in [0.15, 0.2) is 0 Å². The molecule has 3 rings (SSSR count). The Bertz CT molecular complexity index is 1020. The Morgan fingerprint density at radius 2 is 1.49 bits per heavy atom. The number of alkyl carbamates (subject to hydrolysis) is 1. The third kappa shape index (κ3) is 6.82. The number of nitrogens with one attached hydrogen (secondary N) is 2. The predicted molar refractivity (Wildman–Crippen MR) is 132 cm³/mol. The Labute approximate surface area is 205 Å². The van der Waals surface area contributed by atoms with Gasteiger partial charge in [0.1, 0.15) is 18.7 Å². The van der Waals surface area contributed by atoms with Gasteiger partial charge in [0.05, 0.1) is 0 Å². The lowest BCUT2D eigenvalue weighted by molar-refractivity contribution is -0.142. The van der Waals surface area contributed by atoms with Crippen LogP contribution in [-0.2, 0) is 14.3 Å². The number of carboxylic acid groups (broad SMARTS) is 1. The predicted octanol–water partition coefficient (Wildman–Crippen LogP) is 3.67. The molecule has 2 amide bonds. The van der Waals surface area contributed by atoms with E-state index in [9.17, 15) is 19.5 Å². The molecule has 0 heterocycles. The van der Waals surface area contributed by atoms with E-state index in [-0.39, 0.29) is 31.0 Å². The first-order chi connectivity index (χ1) is 16.6. The van der Waals surface area contributed by atoms with Gasteiger partial charge in [-0.05, 0) is 40.5 Å². The maximum Gasteiger partial charge on any atom is 0.407 e. The summed E-state index contributed by atoms with van der Waals surface area (Å²) < 4.78 is 5.57. The average molecular weight is 483 g/mol. The van der Waals surface area contributed by atoms with Crippen molar-refractivity contribution in [1.29, 1.82) is 0 Å². The van der Waals surface area contributed by atoms with Gasteiger partial charge >= 0.3 is 12.1 Å². The molecule has 2 aromatic carbocycles.